The lowest BCUT2D eigenvalue weighted by molar-refractivity contribution is -0.145. The Morgan fingerprint density at radius 3 is 2.32 bits per heavy atom. The molecule has 0 aliphatic heterocycles. The van der Waals surface area contributed by atoms with E-state index < -0.39 is 5.97 Å². The molecule has 1 aromatic rings. The molecule has 0 saturated heterocycles. The summed E-state index contributed by atoms with van der Waals surface area (Å²) in [5.41, 5.74) is 0.717. The second-order valence-corrected chi connectivity index (χ2v) is 4.88. The maximum Gasteiger partial charge on any atom is 0.313 e. The van der Waals surface area contributed by atoms with Gasteiger partial charge < -0.3 is 9.64 Å². The first-order valence-electron chi connectivity index (χ1n) is 5.77. The number of likely N-dealkylation sites (N-methyl/N-ethyl adjacent to an activating group) is 1. The highest BCUT2D eigenvalue weighted by atomic mass is 35.5. The van der Waals surface area contributed by atoms with Gasteiger partial charge in [-0.1, -0.05) is 23.2 Å². The maximum absolute atomic E-state index is 11.7. The van der Waals surface area contributed by atoms with Gasteiger partial charge in [-0.05, 0) is 25.1 Å². The van der Waals surface area contributed by atoms with Crippen molar-refractivity contribution in [3.63, 3.8) is 0 Å². The molecule has 0 N–H and O–H groups in total. The summed E-state index contributed by atoms with van der Waals surface area (Å²) in [6, 6.07) is 5.01. The van der Waals surface area contributed by atoms with Gasteiger partial charge in [0.05, 0.1) is 13.2 Å². The highest BCUT2D eigenvalue weighted by Crippen LogP contribution is 2.24. The van der Waals surface area contributed by atoms with Gasteiger partial charge in [0, 0.05) is 22.8 Å². The fourth-order valence-electron chi connectivity index (χ4n) is 1.54. The minimum atomic E-state index is -0.509. The zero-order valence-corrected chi connectivity index (χ0v) is 12.3. The Morgan fingerprint density at radius 1 is 1.21 bits per heavy atom. The minimum absolute atomic E-state index is 0.0927. The lowest BCUT2D eigenvalue weighted by Crippen LogP contribution is -2.27. The Hall–Kier alpha value is -1.26. The van der Waals surface area contributed by atoms with E-state index in [0.29, 0.717) is 10.0 Å². The summed E-state index contributed by atoms with van der Waals surface area (Å²) in [4.78, 5) is 24.5. The number of benzene rings is 1. The van der Waals surface area contributed by atoms with E-state index in [1.807, 2.05) is 0 Å². The number of nitrogens with zero attached hydrogens (tertiary/aromatic N) is 1. The average molecular weight is 304 g/mol. The van der Waals surface area contributed by atoms with Gasteiger partial charge in [-0.15, -0.1) is 0 Å². The van der Waals surface area contributed by atoms with Crippen molar-refractivity contribution in [3.05, 3.63) is 28.2 Å². The van der Waals surface area contributed by atoms with Crippen molar-refractivity contribution < 1.29 is 14.3 Å². The van der Waals surface area contributed by atoms with Crippen LogP contribution >= 0.6 is 23.2 Å². The number of hydrogen-bond acceptors (Lipinski definition) is 4. The molecule has 0 spiro atoms. The molecule has 0 fully saturated rings. The van der Waals surface area contributed by atoms with Crippen LogP contribution in [-0.2, 0) is 14.3 Å². The van der Waals surface area contributed by atoms with E-state index in [1.165, 1.54) is 0 Å². The standard InChI is InChI=1S/C13H15Cl2NO3/c1-3-19-13(18)7-12(17)8-16(2)11-5-9(14)4-10(15)6-11/h4-6H,3,7-8H2,1-2H3. The quantitative estimate of drug-likeness (QED) is 0.599. The molecular formula is C13H15Cl2NO3. The molecule has 0 unspecified atom stereocenters. The number of ketones is 1. The van der Waals surface area contributed by atoms with Crippen LogP contribution in [0.2, 0.25) is 10.0 Å². The molecule has 0 aromatic heterocycles. The van der Waals surface area contributed by atoms with Gasteiger partial charge in [0.2, 0.25) is 0 Å². The molecule has 1 rings (SSSR count). The van der Waals surface area contributed by atoms with Gasteiger partial charge in [-0.25, -0.2) is 0 Å². The Balaban J connectivity index is 2.61. The summed E-state index contributed by atoms with van der Waals surface area (Å²) in [6.07, 6.45) is -0.230. The third kappa shape index (κ3) is 5.49. The maximum atomic E-state index is 11.7. The Bertz CT molecular complexity index is 457. The molecule has 0 radical (unpaired) electrons. The second-order valence-electron chi connectivity index (χ2n) is 4.00. The van der Waals surface area contributed by atoms with Crippen molar-refractivity contribution in [1.82, 2.24) is 0 Å². The molecule has 104 valence electrons. The number of rotatable bonds is 6. The number of esters is 1. The van der Waals surface area contributed by atoms with E-state index in [2.05, 4.69) is 0 Å². The lowest BCUT2D eigenvalue weighted by atomic mass is 10.2. The topological polar surface area (TPSA) is 46.6 Å². The molecule has 4 nitrogen and oxygen atoms in total. The smallest absolute Gasteiger partial charge is 0.313 e. The number of halogens is 2. The molecule has 1 aromatic carbocycles. The van der Waals surface area contributed by atoms with Crippen molar-refractivity contribution >= 4 is 40.6 Å². The molecule has 6 heteroatoms. The van der Waals surface area contributed by atoms with Gasteiger partial charge in [0.15, 0.2) is 5.78 Å². The first-order chi connectivity index (χ1) is 8.92. The van der Waals surface area contributed by atoms with E-state index in [-0.39, 0.29) is 25.4 Å². The van der Waals surface area contributed by atoms with Crippen LogP contribution in [-0.4, -0.2) is 32.0 Å². The summed E-state index contributed by atoms with van der Waals surface area (Å²) in [7, 11) is 1.73. The van der Waals surface area contributed by atoms with Crippen molar-refractivity contribution in [3.8, 4) is 0 Å². The second kappa shape index (κ2) is 7.36. The van der Waals surface area contributed by atoms with Gasteiger partial charge >= 0.3 is 5.97 Å². The molecule has 0 atom stereocenters. The normalized spacial score (nSPS) is 10.1. The molecule has 0 amide bonds. The highest BCUT2D eigenvalue weighted by Gasteiger charge is 2.13. The van der Waals surface area contributed by atoms with Crippen molar-refractivity contribution in [2.24, 2.45) is 0 Å². The predicted molar refractivity (Wildman–Crippen MR) is 76.0 cm³/mol. The highest BCUT2D eigenvalue weighted by molar-refractivity contribution is 6.35. The van der Waals surface area contributed by atoms with Crippen LogP contribution < -0.4 is 4.90 Å². The minimum Gasteiger partial charge on any atom is -0.466 e. The summed E-state index contributed by atoms with van der Waals surface area (Å²) in [6.45, 7) is 2.06. The Labute approximate surface area is 122 Å². The molecular weight excluding hydrogens is 289 g/mol. The SMILES string of the molecule is CCOC(=O)CC(=O)CN(C)c1cc(Cl)cc(Cl)c1. The predicted octanol–water partition coefficient (Wildman–Crippen LogP) is 2.95. The Morgan fingerprint density at radius 2 is 1.79 bits per heavy atom. The number of carbonyl (C=O) groups excluding carboxylic acids is 2. The monoisotopic (exact) mass is 303 g/mol. The summed E-state index contributed by atoms with van der Waals surface area (Å²) >= 11 is 11.8. The first kappa shape index (κ1) is 15.8. The van der Waals surface area contributed by atoms with Crippen LogP contribution in [0.1, 0.15) is 13.3 Å². The van der Waals surface area contributed by atoms with Crippen LogP contribution in [0.3, 0.4) is 0 Å². The third-order valence-corrected chi connectivity index (χ3v) is 2.78. The van der Waals surface area contributed by atoms with Crippen LogP contribution in [0.25, 0.3) is 0 Å². The lowest BCUT2D eigenvalue weighted by Gasteiger charge is -2.18. The number of carbonyl (C=O) groups is 2. The summed E-state index contributed by atoms with van der Waals surface area (Å²) in [5.74, 6) is -0.734. The van der Waals surface area contributed by atoms with Crippen LogP contribution in [0.15, 0.2) is 18.2 Å². The fourth-order valence-corrected chi connectivity index (χ4v) is 2.06. The molecule has 0 aliphatic carbocycles. The third-order valence-electron chi connectivity index (χ3n) is 2.35. The van der Waals surface area contributed by atoms with Crippen LogP contribution in [0.4, 0.5) is 5.69 Å². The number of hydrogen-bond donors (Lipinski definition) is 0. The molecule has 0 saturated carbocycles. The summed E-state index contributed by atoms with van der Waals surface area (Å²) < 4.78 is 4.72. The van der Waals surface area contributed by atoms with E-state index in [4.69, 9.17) is 27.9 Å². The average Bonchev–Trinajstić information content (AvgIpc) is 2.27. The number of Topliss-reactive ketones (excluding diaryl/α,β-unsaturated/α-hetero) is 1. The fraction of sp³-hybridized carbons (Fsp3) is 0.385. The van der Waals surface area contributed by atoms with E-state index in [9.17, 15) is 9.59 Å². The number of ether oxygens (including phenoxy) is 1. The van der Waals surface area contributed by atoms with Crippen LogP contribution in [0.5, 0.6) is 0 Å². The van der Waals surface area contributed by atoms with Crippen molar-refractivity contribution in [2.45, 2.75) is 13.3 Å². The Kier molecular flexibility index (Phi) is 6.12. The molecule has 0 bridgehead atoms. The van der Waals surface area contributed by atoms with Gasteiger partial charge in [-0.2, -0.15) is 0 Å². The van der Waals surface area contributed by atoms with Crippen molar-refractivity contribution in [2.75, 3.05) is 25.1 Å². The van der Waals surface area contributed by atoms with Gasteiger partial charge in [0.1, 0.15) is 6.42 Å². The largest absolute Gasteiger partial charge is 0.466 e. The van der Waals surface area contributed by atoms with Crippen LogP contribution in [0, 0.1) is 0 Å². The summed E-state index contributed by atoms with van der Waals surface area (Å²) in [5, 5.41) is 0.986. The molecule has 0 aliphatic rings. The van der Waals surface area contributed by atoms with E-state index >= 15 is 0 Å². The number of anilines is 1. The zero-order valence-electron chi connectivity index (χ0n) is 10.8. The molecule has 19 heavy (non-hydrogen) atoms. The zero-order chi connectivity index (χ0) is 14.4. The van der Waals surface area contributed by atoms with Gasteiger partial charge in [-0.3, -0.25) is 9.59 Å². The van der Waals surface area contributed by atoms with Gasteiger partial charge in [0.25, 0.3) is 0 Å². The van der Waals surface area contributed by atoms with E-state index in [0.717, 1.165) is 5.69 Å². The molecule has 0 heterocycles. The van der Waals surface area contributed by atoms with E-state index in [1.54, 1.807) is 37.1 Å². The first-order valence-corrected chi connectivity index (χ1v) is 6.52. The van der Waals surface area contributed by atoms with Crippen molar-refractivity contribution in [1.29, 1.82) is 0 Å².